The smallest absolute Gasteiger partial charge is 0.263 e. The first kappa shape index (κ1) is 15.8. The van der Waals surface area contributed by atoms with E-state index in [1.54, 1.807) is 36.1 Å². The average molecular weight is 329 g/mol. The van der Waals surface area contributed by atoms with E-state index in [2.05, 4.69) is 15.1 Å². The van der Waals surface area contributed by atoms with Crippen LogP contribution in [0.4, 0.5) is 5.69 Å². The van der Waals surface area contributed by atoms with Gasteiger partial charge in [-0.05, 0) is 31.7 Å². The summed E-state index contributed by atoms with van der Waals surface area (Å²) in [7, 11) is -1.95. The van der Waals surface area contributed by atoms with E-state index in [0.29, 0.717) is 18.8 Å². The van der Waals surface area contributed by atoms with Crippen LogP contribution < -0.4 is 10.0 Å². The molecule has 114 valence electrons. The number of anilines is 1. The number of rotatable bonds is 6. The predicted octanol–water partition coefficient (Wildman–Crippen LogP) is 2.08. The Kier molecular flexibility index (Phi) is 4.87. The molecular formula is C13H17ClN4O2S. The minimum Gasteiger partial charge on any atom is -0.316 e. The van der Waals surface area contributed by atoms with Crippen LogP contribution in [0, 0.1) is 0 Å². The highest BCUT2D eigenvalue weighted by Crippen LogP contribution is 2.25. The third kappa shape index (κ3) is 3.75. The topological polar surface area (TPSA) is 76.0 Å². The van der Waals surface area contributed by atoms with Gasteiger partial charge in [-0.1, -0.05) is 17.7 Å². The van der Waals surface area contributed by atoms with E-state index >= 15 is 0 Å². The highest BCUT2D eigenvalue weighted by Gasteiger charge is 2.19. The zero-order valence-corrected chi connectivity index (χ0v) is 13.4. The van der Waals surface area contributed by atoms with Crippen LogP contribution in [0.2, 0.25) is 5.02 Å². The van der Waals surface area contributed by atoms with Gasteiger partial charge in [-0.25, -0.2) is 8.42 Å². The number of nitrogens with zero attached hydrogens (tertiary/aromatic N) is 2. The molecule has 0 saturated carbocycles. The lowest BCUT2D eigenvalue weighted by atomic mass is 10.2. The molecule has 2 aromatic rings. The molecule has 2 N–H and O–H groups in total. The van der Waals surface area contributed by atoms with E-state index in [9.17, 15) is 8.42 Å². The monoisotopic (exact) mass is 328 g/mol. The maximum atomic E-state index is 12.4. The van der Waals surface area contributed by atoms with Crippen LogP contribution in [0.3, 0.4) is 0 Å². The van der Waals surface area contributed by atoms with Gasteiger partial charge in [0.05, 0.1) is 16.9 Å². The van der Waals surface area contributed by atoms with Crippen molar-refractivity contribution < 1.29 is 8.42 Å². The van der Waals surface area contributed by atoms with Crippen LogP contribution in [0.1, 0.15) is 12.5 Å². The Hall–Kier alpha value is -1.57. The number of sulfonamides is 1. The maximum absolute atomic E-state index is 12.4. The highest BCUT2D eigenvalue weighted by molar-refractivity contribution is 7.92. The summed E-state index contributed by atoms with van der Waals surface area (Å²) >= 11 is 6.02. The normalized spacial score (nSPS) is 11.6. The van der Waals surface area contributed by atoms with Crippen LogP contribution in [-0.4, -0.2) is 25.2 Å². The van der Waals surface area contributed by atoms with Crippen LogP contribution >= 0.6 is 11.6 Å². The van der Waals surface area contributed by atoms with Crippen molar-refractivity contribution in [2.24, 2.45) is 0 Å². The minimum atomic E-state index is -3.74. The lowest BCUT2D eigenvalue weighted by Crippen LogP contribution is -2.14. The Morgan fingerprint density at radius 1 is 1.38 bits per heavy atom. The number of hydrogen-bond acceptors (Lipinski definition) is 4. The molecule has 1 aromatic carbocycles. The number of hydrogen-bond donors (Lipinski definition) is 2. The molecule has 0 aliphatic heterocycles. The molecule has 0 bridgehead atoms. The van der Waals surface area contributed by atoms with Crippen molar-refractivity contribution in [3.8, 4) is 0 Å². The van der Waals surface area contributed by atoms with Crippen molar-refractivity contribution in [1.82, 2.24) is 15.1 Å². The first-order valence-electron chi connectivity index (χ1n) is 6.44. The first-order chi connectivity index (χ1) is 9.96. The van der Waals surface area contributed by atoms with E-state index in [0.717, 1.165) is 5.56 Å². The van der Waals surface area contributed by atoms with Gasteiger partial charge in [0.25, 0.3) is 10.0 Å². The van der Waals surface area contributed by atoms with E-state index in [-0.39, 0.29) is 9.92 Å². The largest absolute Gasteiger partial charge is 0.316 e. The van der Waals surface area contributed by atoms with Gasteiger partial charge in [-0.3, -0.25) is 9.40 Å². The third-order valence-corrected chi connectivity index (χ3v) is 4.74. The Bertz CT molecular complexity index is 728. The molecule has 0 radical (unpaired) electrons. The van der Waals surface area contributed by atoms with Crippen molar-refractivity contribution >= 4 is 27.3 Å². The zero-order valence-electron chi connectivity index (χ0n) is 11.8. The fraction of sp³-hybridized carbons (Fsp3) is 0.308. The summed E-state index contributed by atoms with van der Waals surface area (Å²) in [4.78, 5) is 0.0566. The molecule has 2 rings (SSSR count). The number of aromatic nitrogens is 2. The van der Waals surface area contributed by atoms with Gasteiger partial charge in [-0.2, -0.15) is 5.10 Å². The Morgan fingerprint density at radius 2 is 2.14 bits per heavy atom. The van der Waals surface area contributed by atoms with E-state index < -0.39 is 10.0 Å². The lowest BCUT2D eigenvalue weighted by Gasteiger charge is -2.09. The summed E-state index contributed by atoms with van der Waals surface area (Å²) in [6.45, 7) is 3.15. The molecule has 0 spiro atoms. The van der Waals surface area contributed by atoms with Crippen molar-refractivity contribution in [3.63, 3.8) is 0 Å². The number of halogens is 1. The highest BCUT2D eigenvalue weighted by atomic mass is 35.5. The number of nitrogens with one attached hydrogen (secondary N) is 2. The molecule has 0 unspecified atom stereocenters. The fourth-order valence-corrected chi connectivity index (χ4v) is 3.45. The van der Waals surface area contributed by atoms with Crippen molar-refractivity contribution in [1.29, 1.82) is 0 Å². The second-order valence-electron chi connectivity index (χ2n) is 4.49. The summed E-state index contributed by atoms with van der Waals surface area (Å²) < 4.78 is 29.0. The van der Waals surface area contributed by atoms with Gasteiger partial charge >= 0.3 is 0 Å². The summed E-state index contributed by atoms with van der Waals surface area (Å²) in [5, 5.41) is 7.19. The zero-order chi connectivity index (χ0) is 15.5. The molecule has 0 fully saturated rings. The maximum Gasteiger partial charge on any atom is 0.263 e. The Balaban J connectivity index is 2.32. The number of benzene rings is 1. The quantitative estimate of drug-likeness (QED) is 0.851. The van der Waals surface area contributed by atoms with Crippen LogP contribution in [0.15, 0.2) is 35.5 Å². The van der Waals surface area contributed by atoms with Crippen molar-refractivity contribution in [3.05, 3.63) is 41.2 Å². The molecule has 0 saturated heterocycles. The summed E-state index contributed by atoms with van der Waals surface area (Å²) in [5.74, 6) is 0. The van der Waals surface area contributed by atoms with Crippen LogP contribution in [0.25, 0.3) is 0 Å². The number of aryl methyl sites for hydroxylation is 1. The Morgan fingerprint density at radius 3 is 2.76 bits per heavy atom. The molecular weight excluding hydrogens is 312 g/mol. The molecule has 1 aromatic heterocycles. The second kappa shape index (κ2) is 6.46. The average Bonchev–Trinajstić information content (AvgIpc) is 2.88. The lowest BCUT2D eigenvalue weighted by molar-refractivity contribution is 0.601. The van der Waals surface area contributed by atoms with Crippen LogP contribution in [0.5, 0.6) is 0 Å². The summed E-state index contributed by atoms with van der Waals surface area (Å²) in [6.07, 6.45) is 3.09. The molecule has 0 amide bonds. The Labute approximate surface area is 129 Å². The SMILES string of the molecule is CCn1cc(NS(=O)(=O)c2cc(CNC)ccc2Cl)cn1. The van der Waals surface area contributed by atoms with E-state index in [4.69, 9.17) is 11.6 Å². The predicted molar refractivity (Wildman–Crippen MR) is 82.9 cm³/mol. The van der Waals surface area contributed by atoms with Gasteiger partial charge in [0.2, 0.25) is 0 Å². The minimum absolute atomic E-state index is 0.0566. The summed E-state index contributed by atoms with van der Waals surface area (Å²) in [6, 6.07) is 4.93. The first-order valence-corrected chi connectivity index (χ1v) is 8.30. The molecule has 21 heavy (non-hydrogen) atoms. The van der Waals surface area contributed by atoms with Gasteiger partial charge in [0.1, 0.15) is 4.90 Å². The van der Waals surface area contributed by atoms with Gasteiger partial charge in [0.15, 0.2) is 0 Å². The van der Waals surface area contributed by atoms with Crippen LogP contribution in [-0.2, 0) is 23.1 Å². The molecule has 0 atom stereocenters. The summed E-state index contributed by atoms with van der Waals surface area (Å²) in [5.41, 5.74) is 1.25. The van der Waals surface area contributed by atoms with E-state index in [1.165, 1.54) is 6.20 Å². The van der Waals surface area contributed by atoms with Gasteiger partial charge < -0.3 is 5.32 Å². The molecule has 1 heterocycles. The molecule has 0 aliphatic carbocycles. The second-order valence-corrected chi connectivity index (χ2v) is 6.54. The molecule has 0 aliphatic rings. The molecule has 6 nitrogen and oxygen atoms in total. The fourth-order valence-electron chi connectivity index (χ4n) is 1.87. The van der Waals surface area contributed by atoms with Crippen molar-refractivity contribution in [2.75, 3.05) is 11.8 Å². The van der Waals surface area contributed by atoms with Gasteiger partial charge in [-0.15, -0.1) is 0 Å². The van der Waals surface area contributed by atoms with Crippen molar-refractivity contribution in [2.45, 2.75) is 24.9 Å². The third-order valence-electron chi connectivity index (χ3n) is 2.88. The molecule has 8 heteroatoms. The standard InChI is InChI=1S/C13H17ClN4O2S/c1-3-18-9-11(8-16-18)17-21(19,20)13-6-10(7-15-2)4-5-12(13)14/h4-6,8-9,15,17H,3,7H2,1-2H3. The van der Waals surface area contributed by atoms with E-state index in [1.807, 2.05) is 6.92 Å². The van der Waals surface area contributed by atoms with Gasteiger partial charge in [0, 0.05) is 19.3 Å².